The van der Waals surface area contributed by atoms with E-state index in [9.17, 15) is 14.3 Å². The molecule has 410 valence electrons. The normalized spacial score (nSPS) is 14.2. The third-order valence-corrected chi connectivity index (χ3v) is 13.1. The molecular formula is C62H110NO7P. The molecule has 0 bridgehead atoms. The number of phosphoric acid groups is 1. The van der Waals surface area contributed by atoms with E-state index in [0.29, 0.717) is 24.1 Å². The second-order valence-corrected chi connectivity index (χ2v) is 21.7. The van der Waals surface area contributed by atoms with E-state index in [2.05, 4.69) is 111 Å². The maximum Gasteiger partial charge on any atom is 0.306 e. The average Bonchev–Trinajstić information content (AvgIpc) is 3.33. The van der Waals surface area contributed by atoms with Crippen molar-refractivity contribution in [3.8, 4) is 0 Å². The molecule has 0 aliphatic heterocycles. The number of allylic oxidation sites excluding steroid dienone is 16. The van der Waals surface area contributed by atoms with Crippen LogP contribution in [0.1, 0.15) is 232 Å². The SMILES string of the molecule is CC/C=C\C/C=C\C/C=C\C/C=C\C/C=C\C/C=C\C/C=C\CCCCCCOCC(COP(=O)([O-])OCC[N+](C)(C)C)OC(=O)CCCCCCCCCCCCC/C=C\CCCCCCCCCC. The zero-order chi connectivity index (χ0) is 51.9. The zero-order valence-electron chi connectivity index (χ0n) is 46.6. The molecule has 0 aliphatic carbocycles. The third-order valence-electron chi connectivity index (χ3n) is 12.1. The molecule has 0 fully saturated rings. The van der Waals surface area contributed by atoms with Crippen molar-refractivity contribution >= 4 is 13.8 Å². The summed E-state index contributed by atoms with van der Waals surface area (Å²) >= 11 is 0. The first kappa shape index (κ1) is 68.4. The molecule has 0 aromatic heterocycles. The number of esters is 1. The summed E-state index contributed by atoms with van der Waals surface area (Å²) in [6.45, 7) is 5.24. The molecule has 71 heavy (non-hydrogen) atoms. The van der Waals surface area contributed by atoms with Crippen LogP contribution in [0.2, 0.25) is 0 Å². The monoisotopic (exact) mass is 1010 g/mol. The van der Waals surface area contributed by atoms with Crippen molar-refractivity contribution in [3.05, 3.63) is 97.2 Å². The quantitative estimate of drug-likeness (QED) is 0.0197. The van der Waals surface area contributed by atoms with Crippen LogP contribution in [0.25, 0.3) is 0 Å². The summed E-state index contributed by atoms with van der Waals surface area (Å²) in [4.78, 5) is 25.3. The maximum atomic E-state index is 12.8. The van der Waals surface area contributed by atoms with Crippen molar-refractivity contribution in [1.82, 2.24) is 0 Å². The third kappa shape index (κ3) is 58.2. The summed E-state index contributed by atoms with van der Waals surface area (Å²) in [6.07, 6.45) is 74.5. The van der Waals surface area contributed by atoms with Crippen LogP contribution in [-0.4, -0.2) is 70.7 Å². The van der Waals surface area contributed by atoms with Gasteiger partial charge in [0.1, 0.15) is 19.3 Å². The van der Waals surface area contributed by atoms with Gasteiger partial charge in [-0.3, -0.25) is 9.36 Å². The van der Waals surface area contributed by atoms with Crippen LogP contribution in [0.15, 0.2) is 97.2 Å². The molecule has 0 rings (SSSR count). The summed E-state index contributed by atoms with van der Waals surface area (Å²) in [5.74, 6) is -0.346. The van der Waals surface area contributed by atoms with Gasteiger partial charge in [-0.05, 0) is 96.3 Å². The van der Waals surface area contributed by atoms with Crippen molar-refractivity contribution in [3.63, 3.8) is 0 Å². The van der Waals surface area contributed by atoms with Gasteiger partial charge in [0, 0.05) is 13.0 Å². The van der Waals surface area contributed by atoms with Crippen LogP contribution in [-0.2, 0) is 27.9 Å². The molecule has 0 aromatic rings. The number of hydrogen-bond donors (Lipinski definition) is 0. The number of rotatable bonds is 53. The molecule has 0 heterocycles. The summed E-state index contributed by atoms with van der Waals surface area (Å²) in [5, 5.41) is 0. The molecular weight excluding hydrogens is 902 g/mol. The number of likely N-dealkylation sites (N-methyl/N-ethyl adjacent to an activating group) is 1. The molecule has 0 aromatic carbocycles. The predicted octanol–water partition coefficient (Wildman–Crippen LogP) is 17.9. The zero-order valence-corrected chi connectivity index (χ0v) is 47.5. The summed E-state index contributed by atoms with van der Waals surface area (Å²) in [5.41, 5.74) is 0. The molecule has 0 radical (unpaired) electrons. The fraction of sp³-hybridized carbons (Fsp3) is 0.726. The van der Waals surface area contributed by atoms with Gasteiger partial charge in [-0.25, -0.2) is 0 Å². The van der Waals surface area contributed by atoms with E-state index in [0.717, 1.165) is 96.3 Å². The highest BCUT2D eigenvalue weighted by Gasteiger charge is 2.20. The fourth-order valence-corrected chi connectivity index (χ4v) is 8.43. The van der Waals surface area contributed by atoms with Gasteiger partial charge in [0.05, 0.1) is 34.4 Å². The first-order valence-electron chi connectivity index (χ1n) is 29.0. The van der Waals surface area contributed by atoms with Crippen molar-refractivity contribution < 1.29 is 37.3 Å². The molecule has 8 nitrogen and oxygen atoms in total. The Labute approximate surface area is 438 Å². The molecule has 0 spiro atoms. The van der Waals surface area contributed by atoms with Crippen LogP contribution >= 0.6 is 7.82 Å². The summed E-state index contributed by atoms with van der Waals surface area (Å²) < 4.78 is 34.8. The minimum absolute atomic E-state index is 0.0159. The topological polar surface area (TPSA) is 94.1 Å². The Balaban J connectivity index is 4.17. The maximum absolute atomic E-state index is 12.8. The van der Waals surface area contributed by atoms with Crippen LogP contribution in [0, 0.1) is 0 Å². The lowest BCUT2D eigenvalue weighted by atomic mass is 10.0. The second-order valence-electron chi connectivity index (χ2n) is 20.3. The average molecular weight is 1010 g/mol. The van der Waals surface area contributed by atoms with Crippen LogP contribution < -0.4 is 4.89 Å². The number of hydrogen-bond acceptors (Lipinski definition) is 7. The lowest BCUT2D eigenvalue weighted by molar-refractivity contribution is -0.870. The molecule has 2 atom stereocenters. The molecule has 0 saturated heterocycles. The second kappa shape index (κ2) is 53.7. The first-order valence-corrected chi connectivity index (χ1v) is 30.4. The Morgan fingerprint density at radius 3 is 1.24 bits per heavy atom. The van der Waals surface area contributed by atoms with E-state index in [4.69, 9.17) is 18.5 Å². The van der Waals surface area contributed by atoms with Crippen molar-refractivity contribution in [2.45, 2.75) is 238 Å². The molecule has 0 amide bonds. The Bertz CT molecular complexity index is 1460. The predicted molar refractivity (Wildman–Crippen MR) is 305 cm³/mol. The van der Waals surface area contributed by atoms with Gasteiger partial charge in [-0.1, -0.05) is 227 Å². The highest BCUT2D eigenvalue weighted by atomic mass is 31.2. The van der Waals surface area contributed by atoms with Crippen molar-refractivity contribution in [1.29, 1.82) is 0 Å². The first-order chi connectivity index (χ1) is 34.6. The molecule has 0 saturated carbocycles. The van der Waals surface area contributed by atoms with E-state index in [1.165, 1.54) is 116 Å². The Hall–Kier alpha value is -2.58. The summed E-state index contributed by atoms with van der Waals surface area (Å²) in [7, 11) is 1.33. The molecule has 2 unspecified atom stereocenters. The van der Waals surface area contributed by atoms with Gasteiger partial charge in [0.25, 0.3) is 7.82 Å². The van der Waals surface area contributed by atoms with Gasteiger partial charge < -0.3 is 27.9 Å². The number of ether oxygens (including phenoxy) is 2. The van der Waals surface area contributed by atoms with Gasteiger partial charge in [-0.2, -0.15) is 0 Å². The van der Waals surface area contributed by atoms with E-state index >= 15 is 0 Å². The van der Waals surface area contributed by atoms with Gasteiger partial charge in [-0.15, -0.1) is 0 Å². The van der Waals surface area contributed by atoms with E-state index < -0.39 is 13.9 Å². The molecule has 0 N–H and O–H groups in total. The number of phosphoric ester groups is 1. The van der Waals surface area contributed by atoms with E-state index in [1.54, 1.807) is 0 Å². The van der Waals surface area contributed by atoms with Crippen LogP contribution in [0.3, 0.4) is 0 Å². The Kier molecular flexibility index (Phi) is 51.8. The standard InChI is InChI=1S/C62H110NO7P/c1-6-8-10-12-14-16-18-20-22-24-26-28-30-31-32-34-36-38-40-42-44-46-48-50-52-54-57-67-59-61(60-69-71(65,66)68-58-56-63(3,4)5)70-62(64)55-53-51-49-47-45-43-41-39-37-35-33-29-27-25-23-21-19-17-15-13-11-9-7-2/h8,10,14,16,20,22,25-28,31-32,36,38,42,44,61H,6-7,9,11-13,15,17-19,21,23-24,29-30,33-35,37,39-41,43,45-60H2,1-5H3/b10-8-,16-14-,22-20-,27-25-,28-26-,32-31-,38-36-,44-42-. The number of nitrogens with zero attached hydrogens (tertiary/aromatic N) is 1. The van der Waals surface area contributed by atoms with E-state index in [1.807, 2.05) is 21.1 Å². The number of quaternary nitrogens is 1. The van der Waals surface area contributed by atoms with Gasteiger partial charge in [0.15, 0.2) is 0 Å². The minimum Gasteiger partial charge on any atom is -0.756 e. The van der Waals surface area contributed by atoms with E-state index in [-0.39, 0.29) is 25.8 Å². The number of carbonyl (C=O) groups excluding carboxylic acids is 1. The Morgan fingerprint density at radius 1 is 0.451 bits per heavy atom. The minimum atomic E-state index is -4.55. The highest BCUT2D eigenvalue weighted by Crippen LogP contribution is 2.38. The number of carbonyl (C=O) groups is 1. The number of unbranched alkanes of at least 4 members (excludes halogenated alkanes) is 23. The van der Waals surface area contributed by atoms with Crippen molar-refractivity contribution in [2.75, 3.05) is 54.1 Å². The van der Waals surface area contributed by atoms with Crippen LogP contribution in [0.4, 0.5) is 0 Å². The molecule has 0 aliphatic rings. The highest BCUT2D eigenvalue weighted by molar-refractivity contribution is 7.45. The van der Waals surface area contributed by atoms with Crippen LogP contribution in [0.5, 0.6) is 0 Å². The lowest BCUT2D eigenvalue weighted by Gasteiger charge is -2.28. The fourth-order valence-electron chi connectivity index (χ4n) is 7.70. The van der Waals surface area contributed by atoms with Gasteiger partial charge >= 0.3 is 5.97 Å². The Morgan fingerprint density at radius 2 is 0.817 bits per heavy atom. The largest absolute Gasteiger partial charge is 0.756 e. The van der Waals surface area contributed by atoms with Gasteiger partial charge in [0.2, 0.25) is 0 Å². The lowest BCUT2D eigenvalue weighted by Crippen LogP contribution is -2.37. The van der Waals surface area contributed by atoms with Crippen molar-refractivity contribution in [2.24, 2.45) is 0 Å². The summed E-state index contributed by atoms with van der Waals surface area (Å²) in [6, 6.07) is 0. The smallest absolute Gasteiger partial charge is 0.306 e. The molecule has 9 heteroatoms.